The van der Waals surface area contributed by atoms with Gasteiger partial charge in [0, 0.05) is 45.5 Å². The quantitative estimate of drug-likeness (QED) is 0.852. The highest BCUT2D eigenvalue weighted by Crippen LogP contribution is 2.24. The maximum atomic E-state index is 12.9. The molecule has 2 aliphatic rings. The third-order valence-electron chi connectivity index (χ3n) is 5.57. The van der Waals surface area contributed by atoms with Gasteiger partial charge in [-0.25, -0.2) is 0 Å². The van der Waals surface area contributed by atoms with Crippen molar-refractivity contribution in [3.63, 3.8) is 0 Å². The summed E-state index contributed by atoms with van der Waals surface area (Å²) in [6.45, 7) is 8.58. The van der Waals surface area contributed by atoms with Crippen molar-refractivity contribution in [3.05, 3.63) is 59.4 Å². The lowest BCUT2D eigenvalue weighted by Crippen LogP contribution is -2.48. The number of hydrogen-bond donors (Lipinski definition) is 0. The molecular weight excluding hydrogens is 324 g/mol. The number of fused-ring (bicyclic) bond motifs is 1. The van der Waals surface area contributed by atoms with Gasteiger partial charge in [-0.15, -0.1) is 0 Å². The Labute approximate surface area is 155 Å². The van der Waals surface area contributed by atoms with Crippen molar-refractivity contribution in [1.82, 2.24) is 14.8 Å². The molecule has 2 aromatic rings. The van der Waals surface area contributed by atoms with Crippen molar-refractivity contribution in [2.75, 3.05) is 44.2 Å². The van der Waals surface area contributed by atoms with Crippen molar-refractivity contribution in [2.24, 2.45) is 0 Å². The Morgan fingerprint density at radius 1 is 1.04 bits per heavy atom. The number of hydrogen-bond acceptors (Lipinski definition) is 4. The summed E-state index contributed by atoms with van der Waals surface area (Å²) in [6.07, 6.45) is 4.61. The maximum Gasteiger partial charge on any atom is 0.255 e. The number of carbonyl (C=O) groups excluding carboxylic acids is 1. The van der Waals surface area contributed by atoms with E-state index in [9.17, 15) is 4.79 Å². The predicted molar refractivity (Wildman–Crippen MR) is 103 cm³/mol. The Hall–Kier alpha value is -2.40. The molecule has 0 N–H and O–H groups in total. The summed E-state index contributed by atoms with van der Waals surface area (Å²) in [4.78, 5) is 23.9. The molecule has 1 amide bonds. The number of benzene rings is 1. The number of nitrogens with zero attached hydrogens (tertiary/aromatic N) is 4. The topological polar surface area (TPSA) is 39.7 Å². The minimum Gasteiger partial charge on any atom is -0.366 e. The van der Waals surface area contributed by atoms with Crippen molar-refractivity contribution in [1.29, 1.82) is 0 Å². The largest absolute Gasteiger partial charge is 0.366 e. The summed E-state index contributed by atoms with van der Waals surface area (Å²) in [5.74, 6) is 0.104. The van der Waals surface area contributed by atoms with Gasteiger partial charge in [0.15, 0.2) is 0 Å². The van der Waals surface area contributed by atoms with Gasteiger partial charge < -0.3 is 14.7 Å². The van der Waals surface area contributed by atoms with E-state index in [1.807, 2.05) is 17.2 Å². The van der Waals surface area contributed by atoms with Gasteiger partial charge in [-0.1, -0.05) is 31.2 Å². The van der Waals surface area contributed by atoms with Crippen LogP contribution in [0.5, 0.6) is 0 Å². The average Bonchev–Trinajstić information content (AvgIpc) is 2.73. The highest BCUT2D eigenvalue weighted by atomic mass is 16.2. The van der Waals surface area contributed by atoms with Gasteiger partial charge in [-0.05, 0) is 30.2 Å². The molecule has 5 nitrogen and oxygen atoms in total. The predicted octanol–water partition coefficient (Wildman–Crippen LogP) is 2.42. The number of rotatable bonds is 3. The van der Waals surface area contributed by atoms with Crippen LogP contribution in [0.3, 0.4) is 0 Å². The van der Waals surface area contributed by atoms with Crippen molar-refractivity contribution in [2.45, 2.75) is 19.9 Å². The van der Waals surface area contributed by atoms with E-state index in [4.69, 9.17) is 0 Å². The highest BCUT2D eigenvalue weighted by molar-refractivity contribution is 5.94. The first-order valence-corrected chi connectivity index (χ1v) is 9.53. The molecule has 0 saturated carbocycles. The van der Waals surface area contributed by atoms with Crippen LogP contribution in [-0.2, 0) is 13.0 Å². The minimum atomic E-state index is 0.104. The standard InChI is InChI=1S/C21H26N4O/c1-2-23-9-11-24(12-10-23)21(26)19-13-20(15-22-14-19)25-8-7-17-5-3-4-6-18(17)16-25/h3-6,13-15H,2,7-12,16H2,1H3. The molecule has 0 unspecified atom stereocenters. The third kappa shape index (κ3) is 3.44. The normalized spacial score (nSPS) is 17.9. The molecule has 0 radical (unpaired) electrons. The maximum absolute atomic E-state index is 12.9. The molecule has 5 heteroatoms. The monoisotopic (exact) mass is 350 g/mol. The molecule has 0 spiro atoms. The van der Waals surface area contributed by atoms with E-state index in [0.717, 1.165) is 57.9 Å². The Bertz CT molecular complexity index is 783. The van der Waals surface area contributed by atoms with E-state index in [-0.39, 0.29) is 5.91 Å². The molecule has 136 valence electrons. The average molecular weight is 350 g/mol. The minimum absolute atomic E-state index is 0.104. The second kappa shape index (κ2) is 7.46. The van der Waals surface area contributed by atoms with Crippen molar-refractivity contribution in [3.8, 4) is 0 Å². The Morgan fingerprint density at radius 2 is 1.81 bits per heavy atom. The smallest absolute Gasteiger partial charge is 0.255 e. The molecule has 0 bridgehead atoms. The van der Waals surface area contributed by atoms with Crippen LogP contribution in [0.2, 0.25) is 0 Å². The molecule has 26 heavy (non-hydrogen) atoms. The van der Waals surface area contributed by atoms with Crippen molar-refractivity contribution >= 4 is 11.6 Å². The van der Waals surface area contributed by atoms with Crippen molar-refractivity contribution < 1.29 is 4.79 Å². The first-order chi connectivity index (χ1) is 12.7. The summed E-state index contributed by atoms with van der Waals surface area (Å²) in [6, 6.07) is 10.6. The van der Waals surface area contributed by atoms with E-state index in [0.29, 0.717) is 5.56 Å². The van der Waals surface area contributed by atoms with Gasteiger partial charge >= 0.3 is 0 Å². The van der Waals surface area contributed by atoms with Crippen LogP contribution in [-0.4, -0.2) is 60.0 Å². The van der Waals surface area contributed by atoms with Gasteiger partial charge in [0.05, 0.1) is 17.4 Å². The fraction of sp³-hybridized carbons (Fsp3) is 0.429. The first kappa shape index (κ1) is 17.0. The summed E-state index contributed by atoms with van der Waals surface area (Å²) in [5.41, 5.74) is 4.53. The number of piperazine rings is 1. The number of aromatic nitrogens is 1. The van der Waals surface area contributed by atoms with Crippen LogP contribution >= 0.6 is 0 Å². The third-order valence-corrected chi connectivity index (χ3v) is 5.57. The summed E-state index contributed by atoms with van der Waals surface area (Å²) < 4.78 is 0. The number of pyridine rings is 1. The molecule has 1 aromatic carbocycles. The number of amides is 1. The molecule has 4 rings (SSSR count). The Balaban J connectivity index is 1.48. The Morgan fingerprint density at radius 3 is 2.58 bits per heavy atom. The molecule has 0 aliphatic carbocycles. The lowest BCUT2D eigenvalue weighted by Gasteiger charge is -2.34. The highest BCUT2D eigenvalue weighted by Gasteiger charge is 2.23. The number of likely N-dealkylation sites (N-methyl/N-ethyl adjacent to an activating group) is 1. The second-order valence-electron chi connectivity index (χ2n) is 7.10. The van der Waals surface area contributed by atoms with Gasteiger partial charge in [0.25, 0.3) is 5.91 Å². The lowest BCUT2D eigenvalue weighted by molar-refractivity contribution is 0.0643. The fourth-order valence-electron chi connectivity index (χ4n) is 3.88. The van der Waals surface area contributed by atoms with E-state index in [2.05, 4.69) is 46.0 Å². The molecule has 3 heterocycles. The molecule has 1 saturated heterocycles. The van der Waals surface area contributed by atoms with Gasteiger partial charge in [-0.3, -0.25) is 9.78 Å². The zero-order valence-electron chi connectivity index (χ0n) is 15.4. The first-order valence-electron chi connectivity index (χ1n) is 9.53. The SMILES string of the molecule is CCN1CCN(C(=O)c2cncc(N3CCc4ccccc4C3)c2)CC1. The van der Waals surface area contributed by atoms with Crippen LogP contribution < -0.4 is 4.90 Å². The molecule has 0 atom stereocenters. The van der Waals surface area contributed by atoms with Crippen LogP contribution in [0.25, 0.3) is 0 Å². The zero-order valence-corrected chi connectivity index (χ0v) is 15.4. The van der Waals surface area contributed by atoms with Crippen LogP contribution in [0.4, 0.5) is 5.69 Å². The fourth-order valence-corrected chi connectivity index (χ4v) is 3.88. The Kier molecular flexibility index (Phi) is 4.89. The van der Waals surface area contributed by atoms with E-state index in [1.54, 1.807) is 6.20 Å². The van der Waals surface area contributed by atoms with E-state index >= 15 is 0 Å². The molecule has 1 fully saturated rings. The van der Waals surface area contributed by atoms with E-state index in [1.165, 1.54) is 11.1 Å². The number of anilines is 1. The molecule has 2 aliphatic heterocycles. The van der Waals surface area contributed by atoms with Crippen LogP contribution in [0.1, 0.15) is 28.4 Å². The molecule has 1 aromatic heterocycles. The van der Waals surface area contributed by atoms with E-state index < -0.39 is 0 Å². The van der Waals surface area contributed by atoms with Crippen LogP contribution in [0.15, 0.2) is 42.7 Å². The zero-order chi connectivity index (χ0) is 17.9. The second-order valence-corrected chi connectivity index (χ2v) is 7.10. The van der Waals surface area contributed by atoms with Gasteiger partial charge in [-0.2, -0.15) is 0 Å². The molecular formula is C21H26N4O. The van der Waals surface area contributed by atoms with Gasteiger partial charge in [0.2, 0.25) is 0 Å². The van der Waals surface area contributed by atoms with Gasteiger partial charge in [0.1, 0.15) is 0 Å². The summed E-state index contributed by atoms with van der Waals surface area (Å²) in [7, 11) is 0. The lowest BCUT2D eigenvalue weighted by atomic mass is 9.99. The number of carbonyl (C=O) groups is 1. The van der Waals surface area contributed by atoms with Crippen LogP contribution in [0, 0.1) is 0 Å². The summed E-state index contributed by atoms with van der Waals surface area (Å²) >= 11 is 0. The summed E-state index contributed by atoms with van der Waals surface area (Å²) in [5, 5.41) is 0.